The smallest absolute Gasteiger partial charge is 0.360 e. The van der Waals surface area contributed by atoms with E-state index in [1.54, 1.807) is 0 Å². The minimum atomic E-state index is -4.58. The zero-order valence-corrected chi connectivity index (χ0v) is 15.2. The van der Waals surface area contributed by atoms with Crippen LogP contribution in [0.25, 0.3) is 0 Å². The van der Waals surface area contributed by atoms with Crippen LogP contribution in [-0.4, -0.2) is 48.2 Å². The third-order valence-corrected chi connectivity index (χ3v) is 5.11. The third-order valence-electron chi connectivity index (χ3n) is 3.49. The zero-order chi connectivity index (χ0) is 17.3. The van der Waals surface area contributed by atoms with E-state index in [4.69, 9.17) is 39.5 Å². The van der Waals surface area contributed by atoms with Gasteiger partial charge >= 0.3 is 10.3 Å². The number of nitrogens with zero attached hydrogens (tertiary/aromatic N) is 1. The van der Waals surface area contributed by atoms with Gasteiger partial charge in [0.05, 0.1) is 0 Å². The number of halogens is 3. The van der Waals surface area contributed by atoms with Gasteiger partial charge in [-0.3, -0.25) is 9.59 Å². The fourth-order valence-corrected chi connectivity index (χ4v) is 3.68. The Morgan fingerprint density at radius 2 is 2.00 bits per heavy atom. The molecule has 0 aromatic heterocycles. The van der Waals surface area contributed by atoms with Crippen molar-refractivity contribution in [1.82, 2.24) is 4.31 Å². The maximum absolute atomic E-state index is 12.5. The molecular formula is C11H16Cl3NO6S. The molecule has 0 aliphatic carbocycles. The molecule has 11 heteroatoms. The lowest BCUT2D eigenvalue weighted by molar-refractivity contribution is -0.158. The van der Waals surface area contributed by atoms with Crippen molar-refractivity contribution in [2.24, 2.45) is 5.41 Å². The molecule has 7 nitrogen and oxygen atoms in total. The van der Waals surface area contributed by atoms with Gasteiger partial charge in [-0.15, -0.1) is 0 Å². The van der Waals surface area contributed by atoms with Gasteiger partial charge in [-0.1, -0.05) is 34.8 Å². The number of rotatable bonds is 5. The summed E-state index contributed by atoms with van der Waals surface area (Å²) in [6.07, 6.45) is -0.773. The van der Waals surface area contributed by atoms with Crippen LogP contribution in [0.1, 0.15) is 26.7 Å². The number of Topliss-reactive ketones (excluding diaryl/α,β-unsaturated/α-hetero) is 1. The topological polar surface area (TPSA) is 90.0 Å². The van der Waals surface area contributed by atoms with Crippen molar-refractivity contribution in [1.29, 1.82) is 0 Å². The van der Waals surface area contributed by atoms with Gasteiger partial charge in [0, 0.05) is 7.11 Å². The Bertz CT molecular complexity index is 561. The van der Waals surface area contributed by atoms with E-state index in [0.29, 0.717) is 4.31 Å². The van der Waals surface area contributed by atoms with Crippen molar-refractivity contribution < 1.29 is 26.9 Å². The number of piperidine rings is 1. The Morgan fingerprint density at radius 1 is 1.45 bits per heavy atom. The molecule has 0 aromatic rings. The van der Waals surface area contributed by atoms with E-state index in [1.807, 2.05) is 0 Å². The van der Waals surface area contributed by atoms with Gasteiger partial charge in [0.25, 0.3) is 5.91 Å². The molecule has 22 heavy (non-hydrogen) atoms. The maximum Gasteiger partial charge on any atom is 0.367 e. The number of ether oxygens (including phenoxy) is 1. The minimum absolute atomic E-state index is 0.147. The number of methoxy groups -OCH3 is 1. The summed E-state index contributed by atoms with van der Waals surface area (Å²) in [5.41, 5.74) is -1.47. The molecule has 0 spiro atoms. The number of carbonyl (C=O) groups is 2. The van der Waals surface area contributed by atoms with Crippen molar-refractivity contribution in [3.63, 3.8) is 0 Å². The quantitative estimate of drug-likeness (QED) is 0.520. The summed E-state index contributed by atoms with van der Waals surface area (Å²) in [6, 6.07) is 0. The fraction of sp³-hybridized carbons (Fsp3) is 0.818. The summed E-state index contributed by atoms with van der Waals surface area (Å²) in [7, 11) is -3.34. The summed E-state index contributed by atoms with van der Waals surface area (Å²) in [4.78, 5) is 24.2. The second-order valence-corrected chi connectivity index (χ2v) is 9.05. The van der Waals surface area contributed by atoms with Gasteiger partial charge in [-0.05, 0) is 26.7 Å². The number of hydrogen-bond donors (Lipinski definition) is 0. The van der Waals surface area contributed by atoms with Crippen molar-refractivity contribution >= 4 is 56.8 Å². The largest absolute Gasteiger partial charge is 0.367 e. The number of ketones is 1. The van der Waals surface area contributed by atoms with E-state index in [2.05, 4.69) is 4.18 Å². The van der Waals surface area contributed by atoms with Crippen LogP contribution in [0.5, 0.6) is 0 Å². The summed E-state index contributed by atoms with van der Waals surface area (Å²) in [6.45, 7) is 1.82. The van der Waals surface area contributed by atoms with Crippen molar-refractivity contribution in [2.45, 2.75) is 36.7 Å². The second kappa shape index (κ2) is 6.78. The summed E-state index contributed by atoms with van der Waals surface area (Å²) in [5, 5.41) is 0. The highest BCUT2D eigenvalue weighted by Crippen LogP contribution is 2.37. The van der Waals surface area contributed by atoms with E-state index in [-0.39, 0.29) is 12.8 Å². The molecule has 1 aliphatic heterocycles. The Morgan fingerprint density at radius 3 is 2.41 bits per heavy atom. The molecule has 128 valence electrons. The normalized spacial score (nSPS) is 27.1. The van der Waals surface area contributed by atoms with E-state index in [9.17, 15) is 18.0 Å². The molecule has 0 radical (unpaired) electrons. The number of alkyl halides is 3. The number of amides is 1. The Hall–Kier alpha value is -0.120. The predicted molar refractivity (Wildman–Crippen MR) is 80.8 cm³/mol. The predicted octanol–water partition coefficient (Wildman–Crippen LogP) is 1.81. The van der Waals surface area contributed by atoms with Gasteiger partial charge in [0.1, 0.15) is 24.0 Å². The molecule has 1 aliphatic rings. The fourth-order valence-electron chi connectivity index (χ4n) is 1.99. The molecule has 1 saturated heterocycles. The highest BCUT2D eigenvalue weighted by atomic mass is 35.6. The lowest BCUT2D eigenvalue weighted by atomic mass is 9.78. The Kier molecular flexibility index (Phi) is 6.14. The highest BCUT2D eigenvalue weighted by Gasteiger charge is 2.52. The van der Waals surface area contributed by atoms with Gasteiger partial charge in [0.2, 0.25) is 3.79 Å². The highest BCUT2D eigenvalue weighted by molar-refractivity contribution is 7.85. The van der Waals surface area contributed by atoms with Gasteiger partial charge < -0.3 is 4.74 Å². The molecule has 1 fully saturated rings. The van der Waals surface area contributed by atoms with Crippen molar-refractivity contribution in [2.75, 3.05) is 13.7 Å². The second-order valence-electron chi connectivity index (χ2n) is 5.05. The SMILES string of the molecule is CO[C@@H]1CC[C@](C)(C(C)=O)C(=O)N1S(=O)(=O)OCC(Cl)(Cl)Cl. The van der Waals surface area contributed by atoms with Gasteiger partial charge in [0.15, 0.2) is 0 Å². The summed E-state index contributed by atoms with van der Waals surface area (Å²) >= 11 is 16.3. The van der Waals surface area contributed by atoms with Crippen molar-refractivity contribution in [3.05, 3.63) is 0 Å². The van der Waals surface area contributed by atoms with Crippen LogP contribution in [0.4, 0.5) is 0 Å². The van der Waals surface area contributed by atoms with E-state index in [0.717, 1.165) is 0 Å². The van der Waals surface area contributed by atoms with Crippen molar-refractivity contribution in [3.8, 4) is 0 Å². The lowest BCUT2D eigenvalue weighted by Crippen LogP contribution is -2.58. The minimum Gasteiger partial charge on any atom is -0.360 e. The molecule has 0 bridgehead atoms. The summed E-state index contributed by atoms with van der Waals surface area (Å²) in [5.74, 6) is -1.38. The molecule has 0 unspecified atom stereocenters. The lowest BCUT2D eigenvalue weighted by Gasteiger charge is -2.40. The number of carbonyl (C=O) groups excluding carboxylic acids is 2. The van der Waals surface area contributed by atoms with E-state index >= 15 is 0 Å². The van der Waals surface area contributed by atoms with Crippen LogP contribution in [0.15, 0.2) is 0 Å². The average Bonchev–Trinajstić information content (AvgIpc) is 2.38. The first-order valence-corrected chi connectivity index (χ1v) is 8.69. The molecule has 1 heterocycles. The standard InChI is InChI=1S/C11H16Cl3NO6S/c1-7(16)10(2)5-4-8(20-3)15(9(10)17)22(18,19)21-6-11(12,13)14/h8H,4-6H2,1-3H3/t8-,10-/m1/s1. The Balaban J connectivity index is 3.15. The van der Waals surface area contributed by atoms with Crippen LogP contribution in [-0.2, 0) is 28.8 Å². The molecule has 0 aromatic carbocycles. The first-order chi connectivity index (χ1) is 9.85. The van der Waals surface area contributed by atoms with Gasteiger partial charge in [-0.25, -0.2) is 4.18 Å². The van der Waals surface area contributed by atoms with Crippen LogP contribution in [0, 0.1) is 5.41 Å². The zero-order valence-electron chi connectivity index (χ0n) is 12.1. The molecular weight excluding hydrogens is 381 g/mol. The first kappa shape index (κ1) is 19.9. The van der Waals surface area contributed by atoms with E-state index < -0.39 is 44.0 Å². The average molecular weight is 397 g/mol. The van der Waals surface area contributed by atoms with Crippen LogP contribution < -0.4 is 0 Å². The maximum atomic E-state index is 12.5. The van der Waals surface area contributed by atoms with Crippen LogP contribution in [0.3, 0.4) is 0 Å². The Labute approximate surface area is 144 Å². The van der Waals surface area contributed by atoms with Gasteiger partial charge in [-0.2, -0.15) is 12.7 Å². The monoisotopic (exact) mass is 395 g/mol. The molecule has 1 rings (SSSR count). The molecule has 1 amide bonds. The van der Waals surface area contributed by atoms with E-state index in [1.165, 1.54) is 21.0 Å². The van der Waals surface area contributed by atoms with Crippen LogP contribution >= 0.6 is 34.8 Å². The molecule has 0 saturated carbocycles. The molecule has 0 N–H and O–H groups in total. The summed E-state index contributed by atoms with van der Waals surface area (Å²) < 4.78 is 32.5. The van der Waals surface area contributed by atoms with Crippen LogP contribution in [0.2, 0.25) is 0 Å². The first-order valence-electron chi connectivity index (χ1n) is 6.19. The third kappa shape index (κ3) is 4.24. The number of hydrogen-bond acceptors (Lipinski definition) is 6. The molecule has 2 atom stereocenters.